The van der Waals surface area contributed by atoms with Crippen molar-refractivity contribution in [1.82, 2.24) is 4.98 Å². The van der Waals surface area contributed by atoms with Crippen LogP contribution in [0.3, 0.4) is 0 Å². The van der Waals surface area contributed by atoms with Gasteiger partial charge in [-0.15, -0.1) is 0 Å². The van der Waals surface area contributed by atoms with E-state index in [9.17, 15) is 19.1 Å². The van der Waals surface area contributed by atoms with Crippen molar-refractivity contribution in [1.29, 1.82) is 0 Å². The molecule has 0 saturated heterocycles. The number of Topliss-reactive ketones (excluding diaryl/α,β-unsaturated/α-hetero) is 1. The zero-order valence-corrected chi connectivity index (χ0v) is 18.4. The molecule has 1 heterocycles. The van der Waals surface area contributed by atoms with Crippen LogP contribution in [0.4, 0.5) is 15.2 Å². The number of carbonyl (C=O) groups is 2. The minimum atomic E-state index is -0.880. The Kier molecular flexibility index (Phi) is 5.64. The third-order valence-corrected chi connectivity index (χ3v) is 7.11. The lowest BCUT2D eigenvalue weighted by molar-refractivity contribution is -0.142. The number of nitrogens with one attached hydrogen (secondary N) is 1. The number of rotatable bonds is 6. The molecule has 0 amide bonds. The molecule has 33 heavy (non-hydrogen) atoms. The quantitative estimate of drug-likeness (QED) is 0.320. The van der Waals surface area contributed by atoms with Crippen molar-refractivity contribution in [2.75, 3.05) is 5.32 Å². The normalized spacial score (nSPS) is 17.8. The number of aromatic nitrogens is 1. The van der Waals surface area contributed by atoms with Gasteiger partial charge in [-0.3, -0.25) is 9.59 Å². The molecular weight excluding hydrogens is 439 g/mol. The first kappa shape index (κ1) is 21.3. The SMILES string of the molecule is O=C(c1ccc(-c2ccc(Nc3nc4cc(F)ccc4s3)cc2)cc1)C1CCC[C@H]1C(=O)O. The van der Waals surface area contributed by atoms with Crippen molar-refractivity contribution < 1.29 is 19.1 Å². The summed E-state index contributed by atoms with van der Waals surface area (Å²) in [5.41, 5.74) is 4.01. The van der Waals surface area contributed by atoms with E-state index in [-0.39, 0.29) is 11.6 Å². The van der Waals surface area contributed by atoms with Crippen molar-refractivity contribution in [3.05, 3.63) is 78.1 Å². The molecule has 2 atom stereocenters. The highest BCUT2D eigenvalue weighted by atomic mass is 32.1. The molecule has 0 spiro atoms. The molecule has 1 saturated carbocycles. The molecule has 0 bridgehead atoms. The van der Waals surface area contributed by atoms with Gasteiger partial charge in [0.1, 0.15) is 5.82 Å². The van der Waals surface area contributed by atoms with Crippen molar-refractivity contribution >= 4 is 44.1 Å². The molecular formula is C26H21FN2O3S. The van der Waals surface area contributed by atoms with Crippen LogP contribution in [0.5, 0.6) is 0 Å². The number of nitrogens with zero attached hydrogens (tertiary/aromatic N) is 1. The first-order chi connectivity index (χ1) is 16.0. The fraction of sp³-hybridized carbons (Fsp3) is 0.192. The van der Waals surface area contributed by atoms with Crippen LogP contribution in [-0.2, 0) is 4.79 Å². The summed E-state index contributed by atoms with van der Waals surface area (Å²) in [6.07, 6.45) is 1.98. The van der Waals surface area contributed by atoms with E-state index in [0.29, 0.717) is 29.1 Å². The lowest BCUT2D eigenvalue weighted by Crippen LogP contribution is -2.25. The predicted molar refractivity (Wildman–Crippen MR) is 128 cm³/mol. The molecule has 2 N–H and O–H groups in total. The van der Waals surface area contributed by atoms with Crippen molar-refractivity contribution in [3.63, 3.8) is 0 Å². The molecule has 5 nitrogen and oxygen atoms in total. The van der Waals surface area contributed by atoms with Gasteiger partial charge in [0.15, 0.2) is 10.9 Å². The number of carbonyl (C=O) groups excluding carboxylic acids is 1. The molecule has 166 valence electrons. The average Bonchev–Trinajstić information content (AvgIpc) is 3.46. The van der Waals surface area contributed by atoms with Gasteiger partial charge in [0, 0.05) is 23.2 Å². The van der Waals surface area contributed by atoms with Crippen LogP contribution >= 0.6 is 11.3 Å². The van der Waals surface area contributed by atoms with Gasteiger partial charge in [-0.25, -0.2) is 9.37 Å². The molecule has 1 fully saturated rings. The Balaban J connectivity index is 1.29. The summed E-state index contributed by atoms with van der Waals surface area (Å²) in [6.45, 7) is 0. The molecule has 7 heteroatoms. The number of aliphatic carboxylic acids is 1. The van der Waals surface area contributed by atoms with Gasteiger partial charge in [-0.2, -0.15) is 0 Å². The second-order valence-electron chi connectivity index (χ2n) is 8.26. The number of hydrogen-bond acceptors (Lipinski definition) is 5. The number of halogens is 1. The van der Waals surface area contributed by atoms with Gasteiger partial charge in [-0.05, 0) is 48.2 Å². The Morgan fingerprint density at radius 3 is 2.30 bits per heavy atom. The Labute approximate surface area is 193 Å². The third-order valence-electron chi connectivity index (χ3n) is 6.16. The number of benzene rings is 3. The van der Waals surface area contributed by atoms with E-state index in [1.54, 1.807) is 18.2 Å². The van der Waals surface area contributed by atoms with Gasteiger partial charge in [0.25, 0.3) is 0 Å². The van der Waals surface area contributed by atoms with E-state index in [2.05, 4.69) is 10.3 Å². The Bertz CT molecular complexity index is 1330. The minimum Gasteiger partial charge on any atom is -0.481 e. The van der Waals surface area contributed by atoms with E-state index < -0.39 is 17.8 Å². The number of fused-ring (bicyclic) bond motifs is 1. The molecule has 1 aromatic heterocycles. The molecule has 0 radical (unpaired) electrons. The Morgan fingerprint density at radius 1 is 0.939 bits per heavy atom. The standard InChI is InChI=1S/C26H21FN2O3S/c27-18-10-13-23-22(14-18)29-26(33-23)28-19-11-8-16(9-12-19)15-4-6-17(7-5-15)24(30)20-2-1-3-21(20)25(31)32/h4-14,20-21H,1-3H2,(H,28,29)(H,31,32)/t20?,21-/m1/s1. The second-order valence-corrected chi connectivity index (χ2v) is 9.29. The van der Waals surface area contributed by atoms with Gasteiger partial charge >= 0.3 is 5.97 Å². The fourth-order valence-corrected chi connectivity index (χ4v) is 5.30. The van der Waals surface area contributed by atoms with E-state index in [0.717, 1.165) is 27.9 Å². The first-order valence-corrected chi connectivity index (χ1v) is 11.6. The van der Waals surface area contributed by atoms with Crippen LogP contribution in [0.15, 0.2) is 66.7 Å². The van der Waals surface area contributed by atoms with Gasteiger partial charge in [0.05, 0.1) is 16.1 Å². The monoisotopic (exact) mass is 460 g/mol. The molecule has 1 aliphatic rings. The maximum absolute atomic E-state index is 13.4. The Hall–Kier alpha value is -3.58. The number of carboxylic acid groups (broad SMARTS) is 1. The van der Waals surface area contributed by atoms with E-state index >= 15 is 0 Å². The minimum absolute atomic E-state index is 0.0817. The van der Waals surface area contributed by atoms with Crippen molar-refractivity contribution in [2.45, 2.75) is 19.3 Å². The van der Waals surface area contributed by atoms with E-state index in [4.69, 9.17) is 0 Å². The fourth-order valence-electron chi connectivity index (χ4n) is 4.43. The lowest BCUT2D eigenvalue weighted by atomic mass is 9.88. The average molecular weight is 461 g/mol. The van der Waals surface area contributed by atoms with Gasteiger partial charge < -0.3 is 10.4 Å². The highest BCUT2D eigenvalue weighted by Gasteiger charge is 2.37. The lowest BCUT2D eigenvalue weighted by Gasteiger charge is -2.14. The van der Waals surface area contributed by atoms with Crippen LogP contribution in [0.1, 0.15) is 29.6 Å². The third kappa shape index (κ3) is 4.36. The zero-order valence-electron chi connectivity index (χ0n) is 17.6. The van der Waals surface area contributed by atoms with Gasteiger partial charge in [0.2, 0.25) is 0 Å². The molecule has 4 aromatic rings. The number of carboxylic acids is 1. The van der Waals surface area contributed by atoms with Crippen molar-refractivity contribution in [3.8, 4) is 11.1 Å². The molecule has 5 rings (SSSR count). The summed E-state index contributed by atoms with van der Waals surface area (Å²) in [7, 11) is 0. The van der Waals surface area contributed by atoms with Gasteiger partial charge in [-0.1, -0.05) is 54.2 Å². The molecule has 0 aliphatic heterocycles. The highest BCUT2D eigenvalue weighted by molar-refractivity contribution is 7.22. The smallest absolute Gasteiger partial charge is 0.307 e. The van der Waals surface area contributed by atoms with E-state index in [1.807, 2.05) is 36.4 Å². The summed E-state index contributed by atoms with van der Waals surface area (Å²) >= 11 is 1.46. The Morgan fingerprint density at radius 2 is 1.61 bits per heavy atom. The summed E-state index contributed by atoms with van der Waals surface area (Å²) in [5.74, 6) is -2.28. The van der Waals surface area contributed by atoms with E-state index in [1.165, 1.54) is 23.5 Å². The molecule has 3 aromatic carbocycles. The summed E-state index contributed by atoms with van der Waals surface area (Å²) < 4.78 is 14.3. The number of thiazole rings is 1. The number of ketones is 1. The van der Waals surface area contributed by atoms with Crippen LogP contribution in [-0.4, -0.2) is 21.8 Å². The highest BCUT2D eigenvalue weighted by Crippen LogP contribution is 2.35. The van der Waals surface area contributed by atoms with Crippen LogP contribution in [0.25, 0.3) is 21.3 Å². The largest absolute Gasteiger partial charge is 0.481 e. The maximum atomic E-state index is 13.4. The van der Waals surface area contributed by atoms with Crippen molar-refractivity contribution in [2.24, 2.45) is 11.8 Å². The topological polar surface area (TPSA) is 79.3 Å². The molecule has 1 aliphatic carbocycles. The first-order valence-electron chi connectivity index (χ1n) is 10.8. The second kappa shape index (κ2) is 8.75. The van der Waals surface area contributed by atoms with Crippen LogP contribution in [0.2, 0.25) is 0 Å². The summed E-state index contributed by atoms with van der Waals surface area (Å²) in [4.78, 5) is 28.6. The summed E-state index contributed by atoms with van der Waals surface area (Å²) in [6, 6.07) is 19.7. The predicted octanol–water partition coefficient (Wildman–Crippen LogP) is 6.53. The summed E-state index contributed by atoms with van der Waals surface area (Å²) in [5, 5.41) is 13.3. The zero-order chi connectivity index (χ0) is 22.9. The molecule has 1 unspecified atom stereocenters. The maximum Gasteiger partial charge on any atom is 0.307 e. The van der Waals surface area contributed by atoms with Crippen LogP contribution < -0.4 is 5.32 Å². The number of hydrogen-bond donors (Lipinski definition) is 2. The van der Waals surface area contributed by atoms with Crippen LogP contribution in [0, 0.1) is 17.7 Å². The number of anilines is 2.